The van der Waals surface area contributed by atoms with Gasteiger partial charge in [-0.05, 0) is 17.5 Å². The molecular weight excluding hydrogens is 193 g/mol. The first-order valence-corrected chi connectivity index (χ1v) is 5.32. The minimum atomic E-state index is -0.903. The topological polar surface area (TPSA) is 35.2 Å². The summed E-state index contributed by atoms with van der Waals surface area (Å²) in [4.78, 5) is 0. The van der Waals surface area contributed by atoms with Gasteiger partial charge in [0.1, 0.15) is 6.17 Å². The lowest BCUT2D eigenvalue weighted by Crippen LogP contribution is -2.08. The first kappa shape index (κ1) is 10.6. The molecule has 1 aromatic carbocycles. The molecule has 0 aliphatic carbocycles. The Morgan fingerprint density at radius 3 is 2.67 bits per heavy atom. The molecule has 1 heterocycles. The molecule has 0 bridgehead atoms. The van der Waals surface area contributed by atoms with E-state index in [9.17, 15) is 4.39 Å². The molecule has 0 aromatic heterocycles. The Kier molecular flexibility index (Phi) is 3.34. The Labute approximate surface area is 89.2 Å². The summed E-state index contributed by atoms with van der Waals surface area (Å²) in [6.45, 7) is 1.73. The van der Waals surface area contributed by atoms with E-state index in [0.717, 1.165) is 17.5 Å². The molecule has 0 spiro atoms. The number of alkyl halides is 1. The molecule has 82 valence electrons. The fourth-order valence-corrected chi connectivity index (χ4v) is 1.89. The number of hydrogen-bond donors (Lipinski definition) is 1. The van der Waals surface area contributed by atoms with Gasteiger partial charge < -0.3 is 10.5 Å². The molecule has 2 nitrogen and oxygen atoms in total. The van der Waals surface area contributed by atoms with Crippen molar-refractivity contribution in [3.8, 4) is 0 Å². The van der Waals surface area contributed by atoms with Crippen molar-refractivity contribution >= 4 is 0 Å². The number of hydrogen-bond acceptors (Lipinski definition) is 2. The maximum Gasteiger partial charge on any atom is 0.130 e. The van der Waals surface area contributed by atoms with E-state index in [1.807, 2.05) is 24.3 Å². The quantitative estimate of drug-likeness (QED) is 0.828. The molecule has 2 N–H and O–H groups in total. The third kappa shape index (κ3) is 2.36. The van der Waals surface area contributed by atoms with E-state index in [1.54, 1.807) is 0 Å². The van der Waals surface area contributed by atoms with Gasteiger partial charge in [-0.1, -0.05) is 24.3 Å². The van der Waals surface area contributed by atoms with Gasteiger partial charge in [-0.25, -0.2) is 4.39 Å². The molecule has 0 radical (unpaired) electrons. The van der Waals surface area contributed by atoms with Crippen molar-refractivity contribution in [1.82, 2.24) is 0 Å². The molecule has 1 aromatic rings. The second-order valence-electron chi connectivity index (χ2n) is 3.97. The van der Waals surface area contributed by atoms with Gasteiger partial charge in [-0.3, -0.25) is 0 Å². The molecule has 15 heavy (non-hydrogen) atoms. The lowest BCUT2D eigenvalue weighted by molar-refractivity contribution is 0.155. The van der Waals surface area contributed by atoms with E-state index in [2.05, 4.69) is 0 Å². The number of ether oxygens (including phenoxy) is 1. The highest BCUT2D eigenvalue weighted by Crippen LogP contribution is 2.31. The van der Waals surface area contributed by atoms with Crippen molar-refractivity contribution in [3.05, 3.63) is 35.4 Å². The molecule has 0 amide bonds. The minimum Gasteiger partial charge on any atom is -0.381 e. The van der Waals surface area contributed by atoms with E-state index in [-0.39, 0.29) is 5.92 Å². The Balaban J connectivity index is 2.07. The van der Waals surface area contributed by atoms with Gasteiger partial charge in [0.05, 0.1) is 6.61 Å². The van der Waals surface area contributed by atoms with E-state index in [0.29, 0.717) is 19.8 Å². The maximum atomic E-state index is 14.0. The normalized spacial score (nSPS) is 22.9. The average Bonchev–Trinajstić information content (AvgIpc) is 2.82. The molecule has 1 aliphatic rings. The SMILES string of the molecule is NCc1ccc(C(F)C2CCOC2)cc1. The molecule has 3 heteroatoms. The van der Waals surface area contributed by atoms with Crippen molar-refractivity contribution in [2.75, 3.05) is 13.2 Å². The lowest BCUT2D eigenvalue weighted by Gasteiger charge is -2.14. The van der Waals surface area contributed by atoms with E-state index in [1.165, 1.54) is 0 Å². The summed E-state index contributed by atoms with van der Waals surface area (Å²) in [7, 11) is 0. The molecule has 2 rings (SSSR count). The van der Waals surface area contributed by atoms with Crippen LogP contribution in [0.3, 0.4) is 0 Å². The van der Waals surface area contributed by atoms with Crippen molar-refractivity contribution in [3.63, 3.8) is 0 Å². The van der Waals surface area contributed by atoms with E-state index < -0.39 is 6.17 Å². The van der Waals surface area contributed by atoms with Crippen molar-refractivity contribution < 1.29 is 9.13 Å². The van der Waals surface area contributed by atoms with Gasteiger partial charge >= 0.3 is 0 Å². The second kappa shape index (κ2) is 4.73. The predicted molar refractivity (Wildman–Crippen MR) is 57.1 cm³/mol. The highest BCUT2D eigenvalue weighted by Gasteiger charge is 2.26. The number of nitrogens with two attached hydrogens (primary N) is 1. The summed E-state index contributed by atoms with van der Waals surface area (Å²) < 4.78 is 19.1. The molecular formula is C12H16FNO. The van der Waals surface area contributed by atoms with Crippen molar-refractivity contribution in [2.45, 2.75) is 19.1 Å². The van der Waals surface area contributed by atoms with Crippen LogP contribution in [0.1, 0.15) is 23.7 Å². The van der Waals surface area contributed by atoms with E-state index in [4.69, 9.17) is 10.5 Å². The average molecular weight is 209 g/mol. The first-order valence-electron chi connectivity index (χ1n) is 5.32. The van der Waals surface area contributed by atoms with Gasteiger partial charge in [0.25, 0.3) is 0 Å². The Morgan fingerprint density at radius 1 is 1.40 bits per heavy atom. The van der Waals surface area contributed by atoms with Crippen LogP contribution < -0.4 is 5.73 Å². The van der Waals surface area contributed by atoms with Crippen LogP contribution in [0.15, 0.2) is 24.3 Å². The van der Waals surface area contributed by atoms with Crippen LogP contribution in [-0.4, -0.2) is 13.2 Å². The van der Waals surface area contributed by atoms with Gasteiger partial charge in [-0.2, -0.15) is 0 Å². The number of rotatable bonds is 3. The third-order valence-corrected chi connectivity index (χ3v) is 2.91. The molecule has 1 saturated heterocycles. The molecule has 0 saturated carbocycles. The zero-order valence-electron chi connectivity index (χ0n) is 8.66. The van der Waals surface area contributed by atoms with Gasteiger partial charge in [0.15, 0.2) is 0 Å². The summed E-state index contributed by atoms with van der Waals surface area (Å²) in [6.07, 6.45) is -0.0842. The summed E-state index contributed by atoms with van der Waals surface area (Å²) in [5.41, 5.74) is 7.26. The standard InChI is InChI=1S/C12H16FNO/c13-12(11-5-6-15-8-11)10-3-1-9(7-14)2-4-10/h1-4,11-12H,5-8,14H2. The number of benzene rings is 1. The molecule has 2 atom stereocenters. The maximum absolute atomic E-state index is 14.0. The van der Waals surface area contributed by atoms with Crippen LogP contribution in [0.5, 0.6) is 0 Å². The summed E-state index contributed by atoms with van der Waals surface area (Å²) in [5, 5.41) is 0. The van der Waals surface area contributed by atoms with Gasteiger partial charge in [-0.15, -0.1) is 0 Å². The summed E-state index contributed by atoms with van der Waals surface area (Å²) in [6, 6.07) is 7.42. The predicted octanol–water partition coefficient (Wildman–Crippen LogP) is 2.19. The highest BCUT2D eigenvalue weighted by molar-refractivity contribution is 5.24. The lowest BCUT2D eigenvalue weighted by atomic mass is 9.96. The zero-order chi connectivity index (χ0) is 10.7. The smallest absolute Gasteiger partial charge is 0.130 e. The van der Waals surface area contributed by atoms with Crippen LogP contribution in [-0.2, 0) is 11.3 Å². The fraction of sp³-hybridized carbons (Fsp3) is 0.500. The Bertz CT molecular complexity index is 306. The molecule has 1 fully saturated rings. The summed E-state index contributed by atoms with van der Waals surface area (Å²) in [5.74, 6) is 0.0220. The minimum absolute atomic E-state index is 0.0220. The van der Waals surface area contributed by atoms with Crippen molar-refractivity contribution in [1.29, 1.82) is 0 Å². The summed E-state index contributed by atoms with van der Waals surface area (Å²) >= 11 is 0. The Morgan fingerprint density at radius 2 is 2.13 bits per heavy atom. The van der Waals surface area contributed by atoms with Gasteiger partial charge in [0, 0.05) is 19.1 Å². The molecule has 2 unspecified atom stereocenters. The third-order valence-electron chi connectivity index (χ3n) is 2.91. The second-order valence-corrected chi connectivity index (χ2v) is 3.97. The largest absolute Gasteiger partial charge is 0.381 e. The Hall–Kier alpha value is -0.930. The van der Waals surface area contributed by atoms with Crippen LogP contribution in [0.4, 0.5) is 4.39 Å². The van der Waals surface area contributed by atoms with E-state index >= 15 is 0 Å². The fourth-order valence-electron chi connectivity index (χ4n) is 1.89. The van der Waals surface area contributed by atoms with Crippen LogP contribution in [0.2, 0.25) is 0 Å². The zero-order valence-corrected chi connectivity index (χ0v) is 8.66. The first-order chi connectivity index (χ1) is 7.31. The number of halogens is 1. The van der Waals surface area contributed by atoms with Crippen LogP contribution in [0.25, 0.3) is 0 Å². The highest BCUT2D eigenvalue weighted by atomic mass is 19.1. The van der Waals surface area contributed by atoms with Crippen molar-refractivity contribution in [2.24, 2.45) is 11.7 Å². The molecule has 1 aliphatic heterocycles. The monoisotopic (exact) mass is 209 g/mol. The van der Waals surface area contributed by atoms with Gasteiger partial charge in [0.2, 0.25) is 0 Å². The van der Waals surface area contributed by atoms with Crippen LogP contribution >= 0.6 is 0 Å². The van der Waals surface area contributed by atoms with Crippen LogP contribution in [0, 0.1) is 5.92 Å².